The highest BCUT2D eigenvalue weighted by Gasteiger charge is 2.17. The van der Waals surface area contributed by atoms with Gasteiger partial charge in [-0.05, 0) is 30.3 Å². The van der Waals surface area contributed by atoms with Crippen molar-refractivity contribution in [2.24, 2.45) is 0 Å². The Kier molecular flexibility index (Phi) is 4.84. The van der Waals surface area contributed by atoms with Crippen LogP contribution in [0.25, 0.3) is 11.3 Å². The molecule has 2 heterocycles. The van der Waals surface area contributed by atoms with E-state index < -0.39 is 27.9 Å². The molecular formula is C19H13FN4O6. The van der Waals surface area contributed by atoms with Crippen LogP contribution in [0.5, 0.6) is 11.5 Å². The standard InChI is InChI=1S/C19H13FN4O6/c20-13-3-2-12(6-15(13)24(27)28)22-18(25)8-23-9-21-14(7-19(23)26)11-1-4-16-17(5-11)30-10-29-16/h1-7,9H,8,10H2,(H,22,25). The van der Waals surface area contributed by atoms with Crippen LogP contribution >= 0.6 is 0 Å². The van der Waals surface area contributed by atoms with Crippen LogP contribution in [-0.4, -0.2) is 27.2 Å². The minimum atomic E-state index is -1.02. The van der Waals surface area contributed by atoms with Crippen molar-refractivity contribution in [1.29, 1.82) is 0 Å². The molecule has 3 aromatic rings. The van der Waals surface area contributed by atoms with E-state index in [1.165, 1.54) is 18.5 Å². The van der Waals surface area contributed by atoms with Gasteiger partial charge in [0.2, 0.25) is 18.5 Å². The van der Waals surface area contributed by atoms with Gasteiger partial charge in [-0.1, -0.05) is 0 Å². The first-order valence-corrected chi connectivity index (χ1v) is 8.61. The summed E-state index contributed by atoms with van der Waals surface area (Å²) in [6, 6.07) is 9.37. The Labute approximate surface area is 167 Å². The average Bonchev–Trinajstić information content (AvgIpc) is 3.18. The molecule has 1 aliphatic heterocycles. The number of halogens is 1. The van der Waals surface area contributed by atoms with Crippen LogP contribution in [0.1, 0.15) is 0 Å². The van der Waals surface area contributed by atoms with E-state index in [1.807, 2.05) is 0 Å². The lowest BCUT2D eigenvalue weighted by Crippen LogP contribution is -2.27. The van der Waals surface area contributed by atoms with Gasteiger partial charge in [0.25, 0.3) is 5.56 Å². The third kappa shape index (κ3) is 3.81. The van der Waals surface area contributed by atoms with Crippen LogP contribution in [-0.2, 0) is 11.3 Å². The van der Waals surface area contributed by atoms with E-state index in [9.17, 15) is 24.1 Å². The fraction of sp³-hybridized carbons (Fsp3) is 0.105. The van der Waals surface area contributed by atoms with Crippen molar-refractivity contribution < 1.29 is 23.6 Å². The second-order valence-corrected chi connectivity index (χ2v) is 6.28. The molecule has 152 valence electrons. The van der Waals surface area contributed by atoms with Crippen LogP contribution in [0.2, 0.25) is 0 Å². The van der Waals surface area contributed by atoms with Gasteiger partial charge in [0.15, 0.2) is 11.5 Å². The summed E-state index contributed by atoms with van der Waals surface area (Å²) < 4.78 is 25.0. The number of nitrogens with zero attached hydrogens (tertiary/aromatic N) is 3. The molecule has 10 nitrogen and oxygen atoms in total. The average molecular weight is 412 g/mol. The fourth-order valence-electron chi connectivity index (χ4n) is 2.84. The van der Waals surface area contributed by atoms with Crippen LogP contribution in [0.15, 0.2) is 53.6 Å². The predicted octanol–water partition coefficient (Wildman–Crippen LogP) is 2.33. The van der Waals surface area contributed by atoms with Gasteiger partial charge in [0, 0.05) is 23.4 Å². The van der Waals surface area contributed by atoms with E-state index in [-0.39, 0.29) is 19.0 Å². The maximum Gasteiger partial charge on any atom is 0.306 e. The number of aromatic nitrogens is 2. The maximum atomic E-state index is 13.4. The van der Waals surface area contributed by atoms with Crippen LogP contribution in [0.4, 0.5) is 15.8 Å². The molecule has 0 unspecified atom stereocenters. The van der Waals surface area contributed by atoms with Gasteiger partial charge in [0.1, 0.15) is 6.54 Å². The Morgan fingerprint density at radius 1 is 1.20 bits per heavy atom. The number of fused-ring (bicyclic) bond motifs is 1. The van der Waals surface area contributed by atoms with Crippen molar-refractivity contribution in [2.45, 2.75) is 6.54 Å². The minimum Gasteiger partial charge on any atom is -0.454 e. The number of nitro groups is 1. The van der Waals surface area contributed by atoms with E-state index in [0.717, 1.165) is 16.7 Å². The number of carbonyl (C=O) groups excluding carboxylic acids is 1. The van der Waals surface area contributed by atoms with E-state index in [4.69, 9.17) is 9.47 Å². The number of anilines is 1. The third-order valence-electron chi connectivity index (χ3n) is 4.29. The summed E-state index contributed by atoms with van der Waals surface area (Å²) in [5, 5.41) is 13.2. The Bertz CT molecular complexity index is 1230. The molecule has 1 aliphatic rings. The number of nitro benzene ring substituents is 1. The molecule has 0 saturated heterocycles. The van der Waals surface area contributed by atoms with Gasteiger partial charge in [-0.15, -0.1) is 0 Å². The lowest BCUT2D eigenvalue weighted by molar-refractivity contribution is -0.387. The lowest BCUT2D eigenvalue weighted by Gasteiger charge is -2.08. The van der Waals surface area contributed by atoms with Gasteiger partial charge >= 0.3 is 5.69 Å². The number of ether oxygens (including phenoxy) is 2. The summed E-state index contributed by atoms with van der Waals surface area (Å²) >= 11 is 0. The molecule has 1 amide bonds. The number of amides is 1. The van der Waals surface area contributed by atoms with Crippen molar-refractivity contribution in [3.63, 3.8) is 0 Å². The Balaban J connectivity index is 1.49. The summed E-state index contributed by atoms with van der Waals surface area (Å²) in [4.78, 5) is 38.7. The van der Waals surface area contributed by atoms with Crippen LogP contribution in [0, 0.1) is 15.9 Å². The zero-order valence-corrected chi connectivity index (χ0v) is 15.2. The Morgan fingerprint density at radius 2 is 2.00 bits per heavy atom. The molecule has 0 spiro atoms. The molecule has 1 N–H and O–H groups in total. The largest absolute Gasteiger partial charge is 0.454 e. The molecule has 0 fully saturated rings. The normalized spacial score (nSPS) is 11.9. The van der Waals surface area contributed by atoms with Crippen molar-refractivity contribution in [3.8, 4) is 22.8 Å². The van der Waals surface area contributed by atoms with Gasteiger partial charge in [-0.3, -0.25) is 24.3 Å². The highest BCUT2D eigenvalue weighted by molar-refractivity contribution is 5.90. The second-order valence-electron chi connectivity index (χ2n) is 6.28. The summed E-state index contributed by atoms with van der Waals surface area (Å²) in [7, 11) is 0. The highest BCUT2D eigenvalue weighted by Crippen LogP contribution is 2.35. The summed E-state index contributed by atoms with van der Waals surface area (Å²) in [5.41, 5.74) is -0.167. The molecule has 2 aromatic carbocycles. The van der Waals surface area contributed by atoms with Gasteiger partial charge in [-0.2, -0.15) is 4.39 Å². The van der Waals surface area contributed by atoms with Crippen LogP contribution < -0.4 is 20.3 Å². The molecule has 0 atom stereocenters. The van der Waals surface area contributed by atoms with Gasteiger partial charge in [-0.25, -0.2) is 4.98 Å². The number of benzene rings is 2. The minimum absolute atomic E-state index is 0.0334. The smallest absolute Gasteiger partial charge is 0.306 e. The Morgan fingerprint density at radius 3 is 2.77 bits per heavy atom. The van der Waals surface area contributed by atoms with Gasteiger partial charge < -0.3 is 14.8 Å². The second kappa shape index (κ2) is 7.62. The third-order valence-corrected chi connectivity index (χ3v) is 4.29. The molecular weight excluding hydrogens is 399 g/mol. The first-order valence-electron chi connectivity index (χ1n) is 8.61. The first kappa shape index (κ1) is 19.1. The van der Waals surface area contributed by atoms with Crippen molar-refractivity contribution >= 4 is 17.3 Å². The highest BCUT2D eigenvalue weighted by atomic mass is 19.1. The molecule has 0 saturated carbocycles. The monoisotopic (exact) mass is 412 g/mol. The van der Waals surface area contributed by atoms with Gasteiger partial charge in [0.05, 0.1) is 16.9 Å². The zero-order valence-electron chi connectivity index (χ0n) is 15.2. The number of hydrogen-bond acceptors (Lipinski definition) is 7. The quantitative estimate of drug-likeness (QED) is 0.503. The maximum absolute atomic E-state index is 13.4. The van der Waals surface area contributed by atoms with Crippen molar-refractivity contribution in [1.82, 2.24) is 9.55 Å². The zero-order chi connectivity index (χ0) is 21.3. The van der Waals surface area contributed by atoms with E-state index in [1.54, 1.807) is 18.2 Å². The summed E-state index contributed by atoms with van der Waals surface area (Å²) in [5.74, 6) is -0.496. The van der Waals surface area contributed by atoms with Crippen molar-refractivity contribution in [3.05, 3.63) is 75.1 Å². The SMILES string of the molecule is O=C(Cn1cnc(-c2ccc3c(c2)OCO3)cc1=O)Nc1ccc(F)c([N+](=O)[O-])c1. The van der Waals surface area contributed by atoms with Crippen molar-refractivity contribution in [2.75, 3.05) is 12.1 Å². The van der Waals surface area contributed by atoms with Crippen LogP contribution in [0.3, 0.4) is 0 Å². The fourth-order valence-corrected chi connectivity index (χ4v) is 2.84. The number of rotatable bonds is 5. The van der Waals surface area contributed by atoms with E-state index in [2.05, 4.69) is 10.3 Å². The summed E-state index contributed by atoms with van der Waals surface area (Å²) in [6.07, 6.45) is 1.22. The van der Waals surface area contributed by atoms with E-state index >= 15 is 0 Å². The number of nitrogens with one attached hydrogen (secondary N) is 1. The number of hydrogen-bond donors (Lipinski definition) is 1. The predicted molar refractivity (Wildman–Crippen MR) is 102 cm³/mol. The number of carbonyl (C=O) groups is 1. The molecule has 0 bridgehead atoms. The first-order chi connectivity index (χ1) is 14.4. The molecule has 0 radical (unpaired) electrons. The lowest BCUT2D eigenvalue weighted by atomic mass is 10.1. The molecule has 1 aromatic heterocycles. The molecule has 4 rings (SSSR count). The molecule has 30 heavy (non-hydrogen) atoms. The molecule has 0 aliphatic carbocycles. The summed E-state index contributed by atoms with van der Waals surface area (Å²) in [6.45, 7) is -0.251. The molecule has 11 heteroatoms. The van der Waals surface area contributed by atoms with E-state index in [0.29, 0.717) is 22.8 Å². The topological polar surface area (TPSA) is 126 Å². The Hall–Kier alpha value is -4.28.